The lowest BCUT2D eigenvalue weighted by Crippen LogP contribution is -2.22. The Morgan fingerprint density at radius 2 is 2.38 bits per heavy atom. The van der Waals surface area contributed by atoms with E-state index >= 15 is 0 Å². The zero-order valence-corrected chi connectivity index (χ0v) is 12.1. The molecule has 21 heavy (non-hydrogen) atoms. The maximum absolute atomic E-state index is 9.21. The van der Waals surface area contributed by atoms with Gasteiger partial charge in [0.15, 0.2) is 11.5 Å². The molecule has 0 radical (unpaired) electrons. The molecule has 2 N–H and O–H groups in total. The van der Waals surface area contributed by atoms with Crippen molar-refractivity contribution in [1.29, 1.82) is 0 Å². The molecule has 0 aromatic carbocycles. The highest BCUT2D eigenvalue weighted by Crippen LogP contribution is 2.14. The quantitative estimate of drug-likeness (QED) is 0.347. The molecule has 0 amide bonds. The van der Waals surface area contributed by atoms with Gasteiger partial charge < -0.3 is 9.15 Å². The van der Waals surface area contributed by atoms with Crippen molar-refractivity contribution >= 4 is 17.4 Å². The summed E-state index contributed by atoms with van der Waals surface area (Å²) in [7, 11) is 1.62. The molecule has 2 aromatic rings. The Kier molecular flexibility index (Phi) is 5.73. The van der Waals surface area contributed by atoms with Crippen LogP contribution in [0.25, 0.3) is 0 Å². The fourth-order valence-corrected chi connectivity index (χ4v) is 1.86. The van der Waals surface area contributed by atoms with E-state index in [1.54, 1.807) is 13.2 Å². The normalized spacial score (nSPS) is 11.9. The minimum absolute atomic E-state index is 0.149. The summed E-state index contributed by atoms with van der Waals surface area (Å²) in [4.78, 5) is 4.17. The van der Waals surface area contributed by atoms with Gasteiger partial charge in [-0.1, -0.05) is 16.8 Å². The van der Waals surface area contributed by atoms with Crippen molar-refractivity contribution in [3.8, 4) is 0 Å². The number of hydrogen-bond acceptors (Lipinski definition) is 7. The topological polar surface area (TPSA) is 106 Å². The highest BCUT2D eigenvalue weighted by atomic mass is 35.5. The average Bonchev–Trinajstić information content (AvgIpc) is 3.10. The largest absolute Gasteiger partial charge is 0.466 e. The molecular formula is C12H15ClN4O4. The highest BCUT2D eigenvalue weighted by Gasteiger charge is 2.16. The molecule has 0 unspecified atom stereocenters. The number of methoxy groups -OCH3 is 1. The number of halogens is 1. The second-order valence-corrected chi connectivity index (χ2v) is 4.60. The van der Waals surface area contributed by atoms with Crippen LogP contribution >= 0.6 is 11.6 Å². The molecule has 0 aliphatic heterocycles. The summed E-state index contributed by atoms with van der Waals surface area (Å²) in [5.74, 6) is 0.710. The number of ether oxygens (including phenoxy) is 1. The number of furan rings is 1. The first kappa shape index (κ1) is 15.5. The first-order chi connectivity index (χ1) is 10.2. The van der Waals surface area contributed by atoms with Gasteiger partial charge in [0.1, 0.15) is 17.7 Å². The van der Waals surface area contributed by atoms with E-state index in [9.17, 15) is 5.21 Å². The summed E-state index contributed by atoms with van der Waals surface area (Å²) in [5, 5.41) is 17.2. The zero-order valence-electron chi connectivity index (χ0n) is 11.4. The second kappa shape index (κ2) is 7.77. The van der Waals surface area contributed by atoms with E-state index < -0.39 is 0 Å². The van der Waals surface area contributed by atoms with Gasteiger partial charge in [-0.25, -0.2) is 4.63 Å². The fourth-order valence-electron chi connectivity index (χ4n) is 1.69. The number of nitrogens with zero attached hydrogens (tertiary/aromatic N) is 3. The van der Waals surface area contributed by atoms with E-state index in [4.69, 9.17) is 25.4 Å². The van der Waals surface area contributed by atoms with Crippen molar-refractivity contribution in [2.24, 2.45) is 4.99 Å². The van der Waals surface area contributed by atoms with Crippen LogP contribution in [0.4, 0.5) is 0 Å². The molecule has 2 rings (SSSR count). The molecule has 0 saturated carbocycles. The van der Waals surface area contributed by atoms with E-state index in [0.717, 1.165) is 6.42 Å². The first-order valence-corrected chi connectivity index (χ1v) is 6.60. The third-order valence-corrected chi connectivity index (χ3v) is 2.86. The van der Waals surface area contributed by atoms with E-state index in [2.05, 4.69) is 15.3 Å². The van der Waals surface area contributed by atoms with Crippen molar-refractivity contribution in [3.05, 3.63) is 34.5 Å². The van der Waals surface area contributed by atoms with Gasteiger partial charge in [0.2, 0.25) is 0 Å². The molecule has 0 fully saturated rings. The van der Waals surface area contributed by atoms with Crippen molar-refractivity contribution in [3.63, 3.8) is 0 Å². The summed E-state index contributed by atoms with van der Waals surface area (Å²) < 4.78 is 14.8. The molecule has 2 heterocycles. The molecule has 0 aliphatic rings. The Bertz CT molecular complexity index is 596. The van der Waals surface area contributed by atoms with E-state index in [1.165, 1.54) is 6.26 Å². The van der Waals surface area contributed by atoms with E-state index in [0.29, 0.717) is 35.2 Å². The Morgan fingerprint density at radius 3 is 3.05 bits per heavy atom. The molecule has 0 atom stereocenters. The Hall–Kier alpha value is -1.90. The van der Waals surface area contributed by atoms with Gasteiger partial charge in [-0.3, -0.25) is 15.7 Å². The van der Waals surface area contributed by atoms with Crippen molar-refractivity contribution in [2.75, 3.05) is 13.7 Å². The fraction of sp³-hybridized carbons (Fsp3) is 0.417. The van der Waals surface area contributed by atoms with Crippen molar-refractivity contribution < 1.29 is 19.0 Å². The third kappa shape index (κ3) is 4.28. The Morgan fingerprint density at radius 1 is 1.52 bits per heavy atom. The lowest BCUT2D eigenvalue weighted by atomic mass is 10.2. The number of rotatable bonds is 7. The van der Waals surface area contributed by atoms with Crippen LogP contribution in [0, 0.1) is 0 Å². The monoisotopic (exact) mass is 314 g/mol. The lowest BCUT2D eigenvalue weighted by molar-refractivity contribution is 0.194. The predicted octanol–water partition coefficient (Wildman–Crippen LogP) is 1.82. The second-order valence-electron chi connectivity index (χ2n) is 4.16. The minimum atomic E-state index is 0.149. The van der Waals surface area contributed by atoms with Crippen LogP contribution < -0.4 is 5.48 Å². The lowest BCUT2D eigenvalue weighted by Gasteiger charge is -2.02. The van der Waals surface area contributed by atoms with Gasteiger partial charge >= 0.3 is 0 Å². The molecule has 8 nitrogen and oxygen atoms in total. The number of aryl methyl sites for hydroxylation is 1. The zero-order chi connectivity index (χ0) is 15.1. The van der Waals surface area contributed by atoms with Gasteiger partial charge in [-0.2, -0.15) is 0 Å². The van der Waals surface area contributed by atoms with Crippen LogP contribution in [-0.2, 0) is 17.7 Å². The number of aromatic nitrogens is 2. The Balaban J connectivity index is 2.08. The van der Waals surface area contributed by atoms with E-state index in [-0.39, 0.29) is 12.4 Å². The van der Waals surface area contributed by atoms with Crippen LogP contribution in [-0.4, -0.2) is 35.1 Å². The smallest absolute Gasteiger partial charge is 0.177 e. The van der Waals surface area contributed by atoms with Crippen LogP contribution in [0.5, 0.6) is 0 Å². The van der Waals surface area contributed by atoms with Gasteiger partial charge in [-0.15, -0.1) is 0 Å². The first-order valence-electron chi connectivity index (χ1n) is 6.22. The number of nitrogens with one attached hydrogen (secondary N) is 1. The molecule has 0 aliphatic carbocycles. The highest BCUT2D eigenvalue weighted by molar-refractivity contribution is 6.30. The summed E-state index contributed by atoms with van der Waals surface area (Å²) in [6.07, 6.45) is 2.76. The molecule has 0 spiro atoms. The number of amidine groups is 1. The standard InChI is InChI=1S/C12H15ClN4O4/c1-19-4-2-3-10-11(17-21-16-10)12(15-18)14-6-9-5-8(13)7-20-9/h5,7,18H,2-4,6H2,1H3,(H,14,15). The molecule has 9 heteroatoms. The van der Waals surface area contributed by atoms with Crippen LogP contribution in [0.2, 0.25) is 5.02 Å². The maximum atomic E-state index is 9.21. The van der Waals surface area contributed by atoms with Crippen LogP contribution in [0.15, 0.2) is 26.4 Å². The molecule has 2 aromatic heterocycles. The SMILES string of the molecule is COCCCc1nonc1C(=NCc1cc(Cl)co1)NO. The minimum Gasteiger partial charge on any atom is -0.466 e. The average molecular weight is 315 g/mol. The maximum Gasteiger partial charge on any atom is 0.177 e. The molecule has 0 saturated heterocycles. The van der Waals surface area contributed by atoms with Gasteiger partial charge in [0.05, 0.1) is 11.6 Å². The van der Waals surface area contributed by atoms with Gasteiger partial charge in [0, 0.05) is 19.8 Å². The summed E-state index contributed by atoms with van der Waals surface area (Å²) in [6, 6.07) is 1.64. The summed E-state index contributed by atoms with van der Waals surface area (Å²) in [6.45, 7) is 0.788. The van der Waals surface area contributed by atoms with Gasteiger partial charge in [-0.05, 0) is 18.0 Å². The molecular weight excluding hydrogens is 300 g/mol. The van der Waals surface area contributed by atoms with Crippen molar-refractivity contribution in [2.45, 2.75) is 19.4 Å². The number of hydroxylamine groups is 1. The molecule has 0 bridgehead atoms. The summed E-state index contributed by atoms with van der Waals surface area (Å²) >= 11 is 5.75. The third-order valence-electron chi connectivity index (χ3n) is 2.66. The number of aliphatic imine (C=N–C) groups is 1. The van der Waals surface area contributed by atoms with E-state index in [1.807, 2.05) is 5.48 Å². The number of hydrogen-bond donors (Lipinski definition) is 2. The van der Waals surface area contributed by atoms with Crippen LogP contribution in [0.3, 0.4) is 0 Å². The molecule has 114 valence electrons. The van der Waals surface area contributed by atoms with Crippen molar-refractivity contribution in [1.82, 2.24) is 15.8 Å². The van der Waals surface area contributed by atoms with Gasteiger partial charge in [0.25, 0.3) is 0 Å². The summed E-state index contributed by atoms with van der Waals surface area (Å²) in [5.41, 5.74) is 2.93. The predicted molar refractivity (Wildman–Crippen MR) is 73.4 cm³/mol. The Labute approximate surface area is 125 Å². The van der Waals surface area contributed by atoms with Crippen LogP contribution in [0.1, 0.15) is 23.6 Å².